The fraction of sp³-hybridized carbons (Fsp3) is 0.933. The summed E-state index contributed by atoms with van der Waals surface area (Å²) < 4.78 is 0. The smallest absolute Gasteiger partial charge is 0.228 e. The van der Waals surface area contributed by atoms with Crippen LogP contribution in [0.1, 0.15) is 32.1 Å². The Bertz CT molecular complexity index is 336. The molecule has 4 aliphatic carbocycles. The SMILES string of the molecule is CN(C(=O)C1CNC1)C1C2CC3CC(C2)CC1C3. The summed E-state index contributed by atoms with van der Waals surface area (Å²) in [4.78, 5) is 14.6. The van der Waals surface area contributed by atoms with Gasteiger partial charge in [0, 0.05) is 26.2 Å². The lowest BCUT2D eigenvalue weighted by Crippen LogP contribution is -2.60. The second-order valence-electron chi connectivity index (χ2n) is 7.23. The van der Waals surface area contributed by atoms with E-state index in [9.17, 15) is 4.79 Å². The Hall–Kier alpha value is -0.570. The molecule has 1 amide bonds. The number of carbonyl (C=O) groups is 1. The molecule has 100 valence electrons. The van der Waals surface area contributed by atoms with Gasteiger partial charge in [-0.05, 0) is 55.8 Å². The van der Waals surface area contributed by atoms with Gasteiger partial charge >= 0.3 is 0 Å². The summed E-state index contributed by atoms with van der Waals surface area (Å²) in [5.41, 5.74) is 0. The van der Waals surface area contributed by atoms with Crippen LogP contribution in [0, 0.1) is 29.6 Å². The number of carbonyl (C=O) groups excluding carboxylic acids is 1. The molecule has 1 N–H and O–H groups in total. The van der Waals surface area contributed by atoms with Crippen LogP contribution in [0.4, 0.5) is 0 Å². The number of rotatable bonds is 2. The topological polar surface area (TPSA) is 32.3 Å². The lowest BCUT2D eigenvalue weighted by atomic mass is 9.54. The fourth-order valence-corrected chi connectivity index (χ4v) is 5.43. The molecule has 5 fully saturated rings. The molecule has 1 heterocycles. The standard InChI is InChI=1S/C15H24N2O/c1-17(15(18)13-7-16-8-13)14-11-3-9-2-10(5-11)6-12(14)4-9/h9-14,16H,2-8H2,1H3. The molecule has 5 aliphatic rings. The van der Waals surface area contributed by atoms with Crippen LogP contribution in [0.2, 0.25) is 0 Å². The molecule has 0 atom stereocenters. The molecule has 0 unspecified atom stereocenters. The van der Waals surface area contributed by atoms with Crippen LogP contribution in [0.15, 0.2) is 0 Å². The van der Waals surface area contributed by atoms with Crippen LogP contribution in [0.5, 0.6) is 0 Å². The van der Waals surface area contributed by atoms with E-state index in [1.807, 2.05) is 0 Å². The molecule has 4 bridgehead atoms. The second-order valence-corrected chi connectivity index (χ2v) is 7.23. The van der Waals surface area contributed by atoms with Crippen LogP contribution < -0.4 is 5.32 Å². The van der Waals surface area contributed by atoms with E-state index in [1.54, 1.807) is 0 Å². The highest BCUT2D eigenvalue weighted by atomic mass is 16.2. The normalized spacial score (nSPS) is 45.9. The zero-order chi connectivity index (χ0) is 12.3. The molecule has 1 aliphatic heterocycles. The summed E-state index contributed by atoms with van der Waals surface area (Å²) in [6.07, 6.45) is 7.09. The Balaban J connectivity index is 1.52. The maximum absolute atomic E-state index is 12.4. The Morgan fingerprint density at radius 2 is 1.56 bits per heavy atom. The number of amides is 1. The van der Waals surface area contributed by atoms with Crippen molar-refractivity contribution in [2.45, 2.75) is 38.1 Å². The largest absolute Gasteiger partial charge is 0.342 e. The number of nitrogens with zero attached hydrogens (tertiary/aromatic N) is 1. The van der Waals surface area contributed by atoms with Gasteiger partial charge in [-0.15, -0.1) is 0 Å². The van der Waals surface area contributed by atoms with Gasteiger partial charge in [0.15, 0.2) is 0 Å². The van der Waals surface area contributed by atoms with Crippen molar-refractivity contribution in [3.05, 3.63) is 0 Å². The van der Waals surface area contributed by atoms with Gasteiger partial charge < -0.3 is 10.2 Å². The van der Waals surface area contributed by atoms with Gasteiger partial charge in [-0.3, -0.25) is 4.79 Å². The second kappa shape index (κ2) is 3.96. The first kappa shape index (κ1) is 11.3. The Morgan fingerprint density at radius 3 is 2.00 bits per heavy atom. The van der Waals surface area contributed by atoms with Gasteiger partial charge in [0.05, 0.1) is 5.92 Å². The minimum absolute atomic E-state index is 0.271. The summed E-state index contributed by atoms with van der Waals surface area (Å²) in [6, 6.07) is 0.575. The molecular weight excluding hydrogens is 224 g/mol. The molecule has 0 radical (unpaired) electrons. The minimum atomic E-state index is 0.271. The molecule has 3 heteroatoms. The summed E-state index contributed by atoms with van der Waals surface area (Å²) in [6.45, 7) is 1.80. The van der Waals surface area contributed by atoms with Crippen molar-refractivity contribution < 1.29 is 4.79 Å². The number of hydrogen-bond donors (Lipinski definition) is 1. The molecule has 3 nitrogen and oxygen atoms in total. The summed E-state index contributed by atoms with van der Waals surface area (Å²) in [7, 11) is 2.08. The molecule has 5 rings (SSSR count). The highest BCUT2D eigenvalue weighted by Gasteiger charge is 2.50. The van der Waals surface area contributed by atoms with E-state index in [2.05, 4.69) is 17.3 Å². The highest BCUT2D eigenvalue weighted by Crippen LogP contribution is 2.55. The van der Waals surface area contributed by atoms with Crippen LogP contribution >= 0.6 is 0 Å². The van der Waals surface area contributed by atoms with Crippen molar-refractivity contribution >= 4 is 5.91 Å². The zero-order valence-electron chi connectivity index (χ0n) is 11.3. The Labute approximate surface area is 109 Å². The van der Waals surface area contributed by atoms with Crippen molar-refractivity contribution in [2.75, 3.05) is 20.1 Å². The summed E-state index contributed by atoms with van der Waals surface area (Å²) >= 11 is 0. The van der Waals surface area contributed by atoms with Crippen molar-refractivity contribution in [2.24, 2.45) is 29.6 Å². The third-order valence-electron chi connectivity index (χ3n) is 6.10. The predicted octanol–water partition coefficient (Wildman–Crippen LogP) is 1.49. The van der Waals surface area contributed by atoms with Crippen molar-refractivity contribution in [3.8, 4) is 0 Å². The Morgan fingerprint density at radius 1 is 1.00 bits per heavy atom. The molecule has 4 saturated carbocycles. The van der Waals surface area contributed by atoms with E-state index >= 15 is 0 Å². The third kappa shape index (κ3) is 1.56. The molecule has 0 spiro atoms. The van der Waals surface area contributed by atoms with Crippen LogP contribution in [0.3, 0.4) is 0 Å². The van der Waals surface area contributed by atoms with Crippen LogP contribution in [-0.2, 0) is 4.79 Å². The van der Waals surface area contributed by atoms with Crippen LogP contribution in [0.25, 0.3) is 0 Å². The van der Waals surface area contributed by atoms with Gasteiger partial charge in [-0.25, -0.2) is 0 Å². The van der Waals surface area contributed by atoms with E-state index in [0.29, 0.717) is 11.9 Å². The maximum atomic E-state index is 12.4. The molecule has 0 aromatic rings. The van der Waals surface area contributed by atoms with E-state index < -0.39 is 0 Å². The lowest BCUT2D eigenvalue weighted by Gasteiger charge is -2.57. The van der Waals surface area contributed by atoms with Gasteiger partial charge in [0.2, 0.25) is 5.91 Å². The first-order chi connectivity index (χ1) is 8.72. The molecule has 18 heavy (non-hydrogen) atoms. The first-order valence-corrected chi connectivity index (χ1v) is 7.69. The monoisotopic (exact) mass is 248 g/mol. The van der Waals surface area contributed by atoms with Crippen molar-refractivity contribution in [1.29, 1.82) is 0 Å². The minimum Gasteiger partial charge on any atom is -0.342 e. The zero-order valence-corrected chi connectivity index (χ0v) is 11.3. The van der Waals surface area contributed by atoms with E-state index in [-0.39, 0.29) is 5.92 Å². The fourth-order valence-electron chi connectivity index (χ4n) is 5.43. The molecule has 0 aromatic carbocycles. The van der Waals surface area contributed by atoms with Gasteiger partial charge in [0.1, 0.15) is 0 Å². The summed E-state index contributed by atoms with van der Waals surface area (Å²) in [5.74, 6) is 4.32. The van der Waals surface area contributed by atoms with Gasteiger partial charge in [0.25, 0.3) is 0 Å². The van der Waals surface area contributed by atoms with E-state index in [4.69, 9.17) is 0 Å². The van der Waals surface area contributed by atoms with Gasteiger partial charge in [-0.1, -0.05) is 0 Å². The van der Waals surface area contributed by atoms with Crippen molar-refractivity contribution in [3.63, 3.8) is 0 Å². The van der Waals surface area contributed by atoms with Crippen molar-refractivity contribution in [1.82, 2.24) is 10.2 Å². The average molecular weight is 248 g/mol. The third-order valence-corrected chi connectivity index (χ3v) is 6.10. The molecule has 0 aromatic heterocycles. The summed E-state index contributed by atoms with van der Waals surface area (Å²) in [5, 5.41) is 3.22. The van der Waals surface area contributed by atoms with E-state index in [0.717, 1.165) is 36.8 Å². The Kier molecular flexibility index (Phi) is 2.48. The van der Waals surface area contributed by atoms with E-state index in [1.165, 1.54) is 32.1 Å². The number of nitrogens with one attached hydrogen (secondary N) is 1. The molecular formula is C15H24N2O. The average Bonchev–Trinajstić information content (AvgIpc) is 2.24. The van der Waals surface area contributed by atoms with Crippen LogP contribution in [-0.4, -0.2) is 37.0 Å². The molecule has 1 saturated heterocycles. The highest BCUT2D eigenvalue weighted by molar-refractivity contribution is 5.80. The first-order valence-electron chi connectivity index (χ1n) is 7.69. The maximum Gasteiger partial charge on any atom is 0.228 e. The predicted molar refractivity (Wildman–Crippen MR) is 70.0 cm³/mol. The number of hydrogen-bond acceptors (Lipinski definition) is 2. The van der Waals surface area contributed by atoms with Gasteiger partial charge in [-0.2, -0.15) is 0 Å². The quantitative estimate of drug-likeness (QED) is 0.803. The lowest BCUT2D eigenvalue weighted by molar-refractivity contribution is -0.146.